The van der Waals surface area contributed by atoms with Gasteiger partial charge in [0, 0.05) is 25.4 Å². The molecule has 0 aromatic rings. The van der Waals surface area contributed by atoms with E-state index in [1.54, 1.807) is 0 Å². The van der Waals surface area contributed by atoms with Crippen molar-refractivity contribution in [2.24, 2.45) is 4.99 Å². The molecule has 1 heterocycles. The summed E-state index contributed by atoms with van der Waals surface area (Å²) in [5.41, 5.74) is 0. The van der Waals surface area contributed by atoms with E-state index in [9.17, 15) is 4.79 Å². The van der Waals surface area contributed by atoms with Gasteiger partial charge in [-0.15, -0.1) is 0 Å². The van der Waals surface area contributed by atoms with Crippen LogP contribution in [0.25, 0.3) is 0 Å². The molecule has 1 aliphatic carbocycles. The standard InChI is InChI=1S/C14H25N3O/c18-14(9-5-8-13-15-10-11-16-13)17-12-6-3-1-2-4-7-12/h12H,1-11H2,(H,15,16)(H,17,18). The van der Waals surface area contributed by atoms with Crippen molar-refractivity contribution in [3.8, 4) is 0 Å². The van der Waals surface area contributed by atoms with Crippen molar-refractivity contribution in [3.63, 3.8) is 0 Å². The molecular weight excluding hydrogens is 226 g/mol. The van der Waals surface area contributed by atoms with Crippen molar-refractivity contribution in [3.05, 3.63) is 0 Å². The first-order valence-electron chi connectivity index (χ1n) is 7.41. The third-order valence-corrected chi connectivity index (χ3v) is 3.78. The maximum Gasteiger partial charge on any atom is 0.220 e. The molecule has 2 aliphatic rings. The lowest BCUT2D eigenvalue weighted by Gasteiger charge is -2.16. The summed E-state index contributed by atoms with van der Waals surface area (Å²) in [4.78, 5) is 16.2. The van der Waals surface area contributed by atoms with Crippen molar-refractivity contribution in [1.82, 2.24) is 10.6 Å². The number of hydrogen-bond donors (Lipinski definition) is 2. The third-order valence-electron chi connectivity index (χ3n) is 3.78. The Labute approximate surface area is 110 Å². The van der Waals surface area contributed by atoms with Crippen LogP contribution in [0.15, 0.2) is 4.99 Å². The highest BCUT2D eigenvalue weighted by Crippen LogP contribution is 2.17. The second kappa shape index (κ2) is 7.39. The van der Waals surface area contributed by atoms with Crippen LogP contribution in [0.3, 0.4) is 0 Å². The highest BCUT2D eigenvalue weighted by Gasteiger charge is 2.14. The van der Waals surface area contributed by atoms with Gasteiger partial charge in [0.05, 0.1) is 12.4 Å². The fourth-order valence-corrected chi connectivity index (χ4v) is 2.75. The zero-order valence-electron chi connectivity index (χ0n) is 11.2. The minimum atomic E-state index is 0.223. The van der Waals surface area contributed by atoms with E-state index in [1.165, 1.54) is 38.5 Å². The van der Waals surface area contributed by atoms with Crippen molar-refractivity contribution >= 4 is 11.7 Å². The van der Waals surface area contributed by atoms with E-state index < -0.39 is 0 Å². The van der Waals surface area contributed by atoms with Gasteiger partial charge in [-0.1, -0.05) is 25.7 Å². The van der Waals surface area contributed by atoms with Crippen molar-refractivity contribution < 1.29 is 4.79 Å². The van der Waals surface area contributed by atoms with E-state index in [4.69, 9.17) is 0 Å². The number of rotatable bonds is 5. The molecule has 2 rings (SSSR count). The van der Waals surface area contributed by atoms with E-state index in [0.717, 1.165) is 31.8 Å². The normalized spacial score (nSPS) is 21.0. The first-order valence-corrected chi connectivity index (χ1v) is 7.41. The number of carbonyl (C=O) groups is 1. The highest BCUT2D eigenvalue weighted by atomic mass is 16.1. The average molecular weight is 251 g/mol. The van der Waals surface area contributed by atoms with Crippen LogP contribution in [0, 0.1) is 0 Å². The van der Waals surface area contributed by atoms with Crippen LogP contribution in [0.5, 0.6) is 0 Å². The summed E-state index contributed by atoms with van der Waals surface area (Å²) in [6, 6.07) is 0.432. The number of aliphatic imine (C=N–C) groups is 1. The molecule has 0 spiro atoms. The Bertz CT molecular complexity index is 293. The van der Waals surface area contributed by atoms with Gasteiger partial charge in [0.2, 0.25) is 5.91 Å². The zero-order chi connectivity index (χ0) is 12.6. The number of nitrogens with one attached hydrogen (secondary N) is 2. The Morgan fingerprint density at radius 2 is 2.06 bits per heavy atom. The van der Waals surface area contributed by atoms with Crippen LogP contribution >= 0.6 is 0 Å². The fraction of sp³-hybridized carbons (Fsp3) is 0.857. The van der Waals surface area contributed by atoms with Crippen molar-refractivity contribution in [2.45, 2.75) is 63.8 Å². The van der Waals surface area contributed by atoms with E-state index in [-0.39, 0.29) is 5.91 Å². The third kappa shape index (κ3) is 4.67. The molecule has 2 N–H and O–H groups in total. The Kier molecular flexibility index (Phi) is 5.49. The Morgan fingerprint density at radius 3 is 2.72 bits per heavy atom. The van der Waals surface area contributed by atoms with Gasteiger partial charge in [0.15, 0.2) is 0 Å². The average Bonchev–Trinajstić information content (AvgIpc) is 2.74. The van der Waals surface area contributed by atoms with Crippen LogP contribution in [0.2, 0.25) is 0 Å². The molecule has 0 aromatic heterocycles. The summed E-state index contributed by atoms with van der Waals surface area (Å²) in [6.45, 7) is 1.85. The molecule has 0 bridgehead atoms. The van der Waals surface area contributed by atoms with E-state index in [2.05, 4.69) is 15.6 Å². The number of amides is 1. The summed E-state index contributed by atoms with van der Waals surface area (Å²) < 4.78 is 0. The molecule has 4 nitrogen and oxygen atoms in total. The topological polar surface area (TPSA) is 53.5 Å². The van der Waals surface area contributed by atoms with Crippen molar-refractivity contribution in [1.29, 1.82) is 0 Å². The van der Waals surface area contributed by atoms with Gasteiger partial charge in [0.1, 0.15) is 0 Å². The van der Waals surface area contributed by atoms with Gasteiger partial charge < -0.3 is 10.6 Å². The zero-order valence-corrected chi connectivity index (χ0v) is 11.2. The van der Waals surface area contributed by atoms with Gasteiger partial charge in [0.25, 0.3) is 0 Å². The quantitative estimate of drug-likeness (QED) is 0.734. The molecular formula is C14H25N3O. The van der Waals surface area contributed by atoms with E-state index in [1.807, 2.05) is 0 Å². The van der Waals surface area contributed by atoms with Crippen LogP contribution in [0.4, 0.5) is 0 Å². The number of amidine groups is 1. The largest absolute Gasteiger partial charge is 0.372 e. The second-order valence-electron chi connectivity index (χ2n) is 5.36. The lowest BCUT2D eigenvalue weighted by Crippen LogP contribution is -2.34. The molecule has 1 fully saturated rings. The summed E-state index contributed by atoms with van der Waals surface area (Å²) in [7, 11) is 0. The van der Waals surface area contributed by atoms with Crippen molar-refractivity contribution in [2.75, 3.05) is 13.1 Å². The Morgan fingerprint density at radius 1 is 1.28 bits per heavy atom. The molecule has 0 saturated heterocycles. The summed E-state index contributed by atoms with van der Waals surface area (Å²) in [6.07, 6.45) is 9.99. The Balaban J connectivity index is 1.59. The van der Waals surface area contributed by atoms with Gasteiger partial charge >= 0.3 is 0 Å². The molecule has 4 heteroatoms. The van der Waals surface area contributed by atoms with Crippen LogP contribution in [-0.2, 0) is 4.79 Å². The Hall–Kier alpha value is -1.06. The molecule has 1 amide bonds. The second-order valence-corrected chi connectivity index (χ2v) is 5.36. The molecule has 18 heavy (non-hydrogen) atoms. The summed E-state index contributed by atoms with van der Waals surface area (Å²) >= 11 is 0. The molecule has 0 unspecified atom stereocenters. The maximum atomic E-state index is 11.8. The monoisotopic (exact) mass is 251 g/mol. The lowest BCUT2D eigenvalue weighted by molar-refractivity contribution is -0.121. The van der Waals surface area contributed by atoms with E-state index >= 15 is 0 Å². The lowest BCUT2D eigenvalue weighted by atomic mass is 10.1. The van der Waals surface area contributed by atoms with E-state index in [0.29, 0.717) is 12.5 Å². The van der Waals surface area contributed by atoms with Crippen LogP contribution < -0.4 is 10.6 Å². The highest BCUT2D eigenvalue weighted by molar-refractivity contribution is 5.84. The van der Waals surface area contributed by atoms with Gasteiger partial charge in [-0.2, -0.15) is 0 Å². The number of carbonyl (C=O) groups excluding carboxylic acids is 1. The van der Waals surface area contributed by atoms with Gasteiger partial charge in [-0.05, 0) is 19.3 Å². The smallest absolute Gasteiger partial charge is 0.220 e. The molecule has 102 valence electrons. The molecule has 0 atom stereocenters. The summed E-state index contributed by atoms with van der Waals surface area (Å²) in [5.74, 6) is 1.30. The SMILES string of the molecule is O=C(CCCC1=NCCN1)NC1CCCCCC1. The minimum absolute atomic E-state index is 0.223. The maximum absolute atomic E-state index is 11.8. The summed E-state index contributed by atoms with van der Waals surface area (Å²) in [5, 5.41) is 6.42. The number of nitrogens with zero attached hydrogens (tertiary/aromatic N) is 1. The molecule has 1 aliphatic heterocycles. The fourth-order valence-electron chi connectivity index (χ4n) is 2.75. The predicted molar refractivity (Wildman–Crippen MR) is 73.8 cm³/mol. The minimum Gasteiger partial charge on any atom is -0.372 e. The van der Waals surface area contributed by atoms with Crippen LogP contribution in [-0.4, -0.2) is 30.9 Å². The molecule has 0 aromatic carbocycles. The molecule has 1 saturated carbocycles. The first kappa shape index (κ1) is 13.4. The predicted octanol–water partition coefficient (Wildman–Crippen LogP) is 2.00. The number of hydrogen-bond acceptors (Lipinski definition) is 3. The first-order chi connectivity index (χ1) is 8.84. The molecule has 0 radical (unpaired) electrons. The van der Waals surface area contributed by atoms with Crippen LogP contribution in [0.1, 0.15) is 57.8 Å². The van der Waals surface area contributed by atoms with Gasteiger partial charge in [-0.3, -0.25) is 9.79 Å². The van der Waals surface area contributed by atoms with Gasteiger partial charge in [-0.25, -0.2) is 0 Å².